The Kier molecular flexibility index (Phi) is 5.97. The Balaban J connectivity index is 1.81. The highest BCUT2D eigenvalue weighted by atomic mass is 79.9. The number of hydrogen-bond acceptors (Lipinski definition) is 3. The number of amides is 2. The molecule has 164 valence electrons. The Labute approximate surface area is 192 Å². The first kappa shape index (κ1) is 22.0. The average Bonchev–Trinajstić information content (AvgIpc) is 2.78. The van der Waals surface area contributed by atoms with E-state index in [-0.39, 0.29) is 16.1 Å². The molecule has 0 bridgehead atoms. The SMILES string of the molecule is COc1ccc([C@H]2[C@H](C(=O)Nc3c(F)cc(F)cc3Br)c3ccccc3C(=O)N2C)cc1. The Morgan fingerprint density at radius 1 is 1.09 bits per heavy atom. The Hall–Kier alpha value is -3.26. The first-order chi connectivity index (χ1) is 15.3. The van der Waals surface area contributed by atoms with E-state index < -0.39 is 29.5 Å². The van der Waals surface area contributed by atoms with Gasteiger partial charge in [0.2, 0.25) is 5.91 Å². The van der Waals surface area contributed by atoms with Crippen LogP contribution in [0.5, 0.6) is 5.75 Å². The van der Waals surface area contributed by atoms with E-state index in [1.807, 2.05) is 0 Å². The number of nitrogens with one attached hydrogen (secondary N) is 1. The van der Waals surface area contributed by atoms with Crippen molar-refractivity contribution in [1.82, 2.24) is 4.90 Å². The molecule has 3 aromatic carbocycles. The molecule has 2 amide bonds. The third-order valence-corrected chi connectivity index (χ3v) is 6.20. The largest absolute Gasteiger partial charge is 0.497 e. The van der Waals surface area contributed by atoms with Gasteiger partial charge in [0.05, 0.1) is 24.8 Å². The molecule has 1 heterocycles. The topological polar surface area (TPSA) is 58.6 Å². The second-order valence-corrected chi connectivity index (χ2v) is 8.29. The summed E-state index contributed by atoms with van der Waals surface area (Å²) < 4.78 is 33.2. The fraction of sp³-hybridized carbons (Fsp3) is 0.167. The number of fused-ring (bicyclic) bond motifs is 1. The van der Waals surface area contributed by atoms with Gasteiger partial charge in [0.15, 0.2) is 5.82 Å². The van der Waals surface area contributed by atoms with Crippen LogP contribution in [0.25, 0.3) is 0 Å². The summed E-state index contributed by atoms with van der Waals surface area (Å²) in [6, 6.07) is 15.1. The summed E-state index contributed by atoms with van der Waals surface area (Å²) in [6.45, 7) is 0. The molecule has 2 atom stereocenters. The molecule has 0 unspecified atom stereocenters. The van der Waals surface area contributed by atoms with E-state index in [2.05, 4.69) is 21.2 Å². The highest BCUT2D eigenvalue weighted by molar-refractivity contribution is 9.10. The number of likely N-dealkylation sites (N-methyl/N-ethyl adjacent to an activating group) is 1. The number of nitrogens with zero attached hydrogens (tertiary/aromatic N) is 1. The number of rotatable bonds is 4. The van der Waals surface area contributed by atoms with Crippen LogP contribution in [0.3, 0.4) is 0 Å². The number of hydrogen-bond donors (Lipinski definition) is 1. The van der Waals surface area contributed by atoms with Crippen molar-refractivity contribution >= 4 is 33.4 Å². The van der Waals surface area contributed by atoms with Crippen molar-refractivity contribution < 1.29 is 23.1 Å². The number of carbonyl (C=O) groups excluding carboxylic acids is 2. The van der Waals surface area contributed by atoms with E-state index in [1.54, 1.807) is 62.7 Å². The normalized spacial score (nSPS) is 17.7. The van der Waals surface area contributed by atoms with Crippen LogP contribution in [-0.4, -0.2) is 30.9 Å². The highest BCUT2D eigenvalue weighted by Gasteiger charge is 2.42. The molecule has 1 N–H and O–H groups in total. The third kappa shape index (κ3) is 3.86. The number of halogens is 3. The van der Waals surface area contributed by atoms with Gasteiger partial charge in [-0.2, -0.15) is 0 Å². The first-order valence-electron chi connectivity index (χ1n) is 9.77. The maximum atomic E-state index is 14.4. The Morgan fingerprint density at radius 2 is 1.78 bits per heavy atom. The van der Waals surface area contributed by atoms with Gasteiger partial charge in [0.1, 0.15) is 11.6 Å². The van der Waals surface area contributed by atoms with Crippen LogP contribution in [0.2, 0.25) is 0 Å². The van der Waals surface area contributed by atoms with Gasteiger partial charge >= 0.3 is 0 Å². The van der Waals surface area contributed by atoms with E-state index in [0.717, 1.165) is 11.6 Å². The zero-order valence-electron chi connectivity index (χ0n) is 17.2. The predicted octanol–water partition coefficient (Wildman–Crippen LogP) is 5.29. The van der Waals surface area contributed by atoms with Crippen LogP contribution < -0.4 is 10.1 Å². The number of anilines is 1. The van der Waals surface area contributed by atoms with Crippen molar-refractivity contribution in [3.8, 4) is 5.75 Å². The fourth-order valence-electron chi connectivity index (χ4n) is 4.04. The van der Waals surface area contributed by atoms with Crippen LogP contribution in [0, 0.1) is 11.6 Å². The molecular weight excluding hydrogens is 482 g/mol. The van der Waals surface area contributed by atoms with Gasteiger partial charge in [-0.1, -0.05) is 30.3 Å². The van der Waals surface area contributed by atoms with Crippen molar-refractivity contribution in [3.63, 3.8) is 0 Å². The molecule has 0 aromatic heterocycles. The van der Waals surface area contributed by atoms with Gasteiger partial charge in [0.25, 0.3) is 5.91 Å². The summed E-state index contributed by atoms with van der Waals surface area (Å²) in [4.78, 5) is 28.1. The number of carbonyl (C=O) groups is 2. The van der Waals surface area contributed by atoms with Crippen LogP contribution >= 0.6 is 15.9 Å². The summed E-state index contributed by atoms with van der Waals surface area (Å²) in [5, 5.41) is 2.58. The van der Waals surface area contributed by atoms with Crippen LogP contribution in [-0.2, 0) is 4.79 Å². The van der Waals surface area contributed by atoms with E-state index in [0.29, 0.717) is 22.9 Å². The molecule has 8 heteroatoms. The van der Waals surface area contributed by atoms with E-state index in [1.165, 1.54) is 4.90 Å². The molecule has 3 aromatic rings. The summed E-state index contributed by atoms with van der Waals surface area (Å²) in [7, 11) is 3.18. The van der Waals surface area contributed by atoms with Crippen molar-refractivity contribution in [1.29, 1.82) is 0 Å². The van der Waals surface area contributed by atoms with Gasteiger partial charge in [0, 0.05) is 23.2 Å². The van der Waals surface area contributed by atoms with Gasteiger partial charge < -0.3 is 15.0 Å². The smallest absolute Gasteiger partial charge is 0.254 e. The maximum absolute atomic E-state index is 14.4. The van der Waals surface area contributed by atoms with Crippen molar-refractivity contribution in [2.75, 3.05) is 19.5 Å². The van der Waals surface area contributed by atoms with Crippen molar-refractivity contribution in [2.24, 2.45) is 0 Å². The van der Waals surface area contributed by atoms with Gasteiger partial charge in [-0.15, -0.1) is 0 Å². The lowest BCUT2D eigenvalue weighted by molar-refractivity contribution is -0.119. The predicted molar refractivity (Wildman–Crippen MR) is 120 cm³/mol. The second-order valence-electron chi connectivity index (χ2n) is 7.43. The van der Waals surface area contributed by atoms with Crippen LogP contribution in [0.1, 0.15) is 33.4 Å². The third-order valence-electron chi connectivity index (χ3n) is 5.57. The quantitative estimate of drug-likeness (QED) is 0.529. The minimum Gasteiger partial charge on any atom is -0.497 e. The summed E-state index contributed by atoms with van der Waals surface area (Å²) in [5.74, 6) is -2.61. The summed E-state index contributed by atoms with van der Waals surface area (Å²) >= 11 is 3.11. The molecule has 0 aliphatic carbocycles. The monoisotopic (exact) mass is 500 g/mol. The highest BCUT2D eigenvalue weighted by Crippen LogP contribution is 2.43. The molecule has 0 saturated carbocycles. The molecule has 32 heavy (non-hydrogen) atoms. The summed E-state index contributed by atoms with van der Waals surface area (Å²) in [6.07, 6.45) is 0. The molecular formula is C24H19BrF2N2O3. The lowest BCUT2D eigenvalue weighted by Crippen LogP contribution is -2.44. The van der Waals surface area contributed by atoms with Crippen LogP contribution in [0.4, 0.5) is 14.5 Å². The zero-order chi connectivity index (χ0) is 23.0. The zero-order valence-corrected chi connectivity index (χ0v) is 18.8. The molecule has 0 spiro atoms. The van der Waals surface area contributed by atoms with Crippen LogP contribution in [0.15, 0.2) is 65.1 Å². The lowest BCUT2D eigenvalue weighted by atomic mass is 9.79. The minimum atomic E-state index is -0.903. The lowest BCUT2D eigenvalue weighted by Gasteiger charge is -2.39. The second kappa shape index (κ2) is 8.70. The average molecular weight is 501 g/mol. The maximum Gasteiger partial charge on any atom is 0.254 e. The van der Waals surface area contributed by atoms with Gasteiger partial charge in [-0.25, -0.2) is 8.78 Å². The fourth-order valence-corrected chi connectivity index (χ4v) is 4.54. The Morgan fingerprint density at radius 3 is 2.44 bits per heavy atom. The molecule has 1 aliphatic rings. The van der Waals surface area contributed by atoms with Crippen molar-refractivity contribution in [3.05, 3.63) is 93.5 Å². The molecule has 0 radical (unpaired) electrons. The molecule has 0 fully saturated rings. The van der Waals surface area contributed by atoms with E-state index >= 15 is 0 Å². The molecule has 5 nitrogen and oxygen atoms in total. The standard InChI is InChI=1S/C24H19BrF2N2O3/c1-29-22(13-7-9-15(32-2)10-8-13)20(16-5-3-4-6-17(16)24(29)31)23(30)28-21-18(25)11-14(26)12-19(21)27/h3-12,20,22H,1-2H3,(H,28,30)/t20-,22+/m1/s1. The molecule has 1 aliphatic heterocycles. The van der Waals surface area contributed by atoms with E-state index in [9.17, 15) is 18.4 Å². The van der Waals surface area contributed by atoms with Crippen molar-refractivity contribution in [2.45, 2.75) is 12.0 Å². The van der Waals surface area contributed by atoms with E-state index in [4.69, 9.17) is 4.74 Å². The first-order valence-corrected chi connectivity index (χ1v) is 10.6. The molecule has 4 rings (SSSR count). The number of methoxy groups -OCH3 is 1. The summed E-state index contributed by atoms with van der Waals surface area (Å²) in [5.41, 5.74) is 1.49. The minimum absolute atomic E-state index is 0.0814. The van der Waals surface area contributed by atoms with Gasteiger partial charge in [-0.05, 0) is 51.3 Å². The molecule has 0 saturated heterocycles. The number of ether oxygens (including phenoxy) is 1. The Bertz CT molecular complexity index is 1180. The van der Waals surface area contributed by atoms with Gasteiger partial charge in [-0.3, -0.25) is 9.59 Å². The number of benzene rings is 3.